The number of phenolic OH excluding ortho intramolecular Hbond substituents is 2. The van der Waals surface area contributed by atoms with E-state index in [1.54, 1.807) is 61.2 Å². The summed E-state index contributed by atoms with van der Waals surface area (Å²) in [4.78, 5) is 17.8. The zero-order valence-corrected chi connectivity index (χ0v) is 16.8. The van der Waals surface area contributed by atoms with Crippen molar-refractivity contribution in [3.63, 3.8) is 0 Å². The number of carbonyl (C=O) groups is 1. The molecule has 0 bridgehead atoms. The molecule has 5 N–H and O–H groups in total. The van der Waals surface area contributed by atoms with Gasteiger partial charge in [-0.15, -0.1) is 0 Å². The predicted octanol–water partition coefficient (Wildman–Crippen LogP) is 4.27. The number of pyridine rings is 2. The fourth-order valence-electron chi connectivity index (χ4n) is 2.31. The maximum absolute atomic E-state index is 10.0. The van der Waals surface area contributed by atoms with Crippen molar-refractivity contribution >= 4 is 17.7 Å². The van der Waals surface area contributed by atoms with Crippen molar-refractivity contribution in [2.24, 2.45) is 0 Å². The number of aldehydes is 1. The number of nitrogens with one attached hydrogen (secondary N) is 1. The third-order valence-corrected chi connectivity index (χ3v) is 3.76. The average molecular weight is 416 g/mol. The molecular formula is C24H24N4O3. The summed E-state index contributed by atoms with van der Waals surface area (Å²) >= 11 is 0. The number of nitrogen functional groups attached to an aromatic ring is 1. The zero-order chi connectivity index (χ0) is 22.3. The molecule has 31 heavy (non-hydrogen) atoms. The van der Waals surface area contributed by atoms with Gasteiger partial charge in [-0.3, -0.25) is 14.8 Å². The van der Waals surface area contributed by atoms with Gasteiger partial charge in [0.2, 0.25) is 0 Å². The maximum atomic E-state index is 10.0. The van der Waals surface area contributed by atoms with Crippen LogP contribution < -0.4 is 11.1 Å². The SMILES string of the molecule is Nc1cccnc1.O=Cc1cccc(O)c1.Oc1cccc(CNc2cccnc2)c1. The minimum atomic E-state index is 0.125. The smallest absolute Gasteiger partial charge is 0.150 e. The molecule has 0 saturated carbocycles. The molecule has 4 rings (SSSR count). The number of rotatable bonds is 4. The van der Waals surface area contributed by atoms with Gasteiger partial charge in [0, 0.05) is 36.9 Å². The largest absolute Gasteiger partial charge is 0.508 e. The quantitative estimate of drug-likeness (QED) is 0.367. The van der Waals surface area contributed by atoms with Crippen LogP contribution in [0.1, 0.15) is 15.9 Å². The van der Waals surface area contributed by atoms with Crippen molar-refractivity contribution in [1.82, 2.24) is 9.97 Å². The second-order valence-electron chi connectivity index (χ2n) is 6.26. The van der Waals surface area contributed by atoms with Crippen molar-refractivity contribution < 1.29 is 15.0 Å². The summed E-state index contributed by atoms with van der Waals surface area (Å²) in [5, 5.41) is 21.3. The summed E-state index contributed by atoms with van der Waals surface area (Å²) in [6.07, 6.45) is 7.50. The van der Waals surface area contributed by atoms with E-state index in [4.69, 9.17) is 10.8 Å². The molecule has 0 unspecified atom stereocenters. The van der Waals surface area contributed by atoms with Gasteiger partial charge in [0.15, 0.2) is 0 Å². The molecule has 7 nitrogen and oxygen atoms in total. The van der Waals surface area contributed by atoms with E-state index in [9.17, 15) is 9.90 Å². The van der Waals surface area contributed by atoms with E-state index in [-0.39, 0.29) is 5.75 Å². The van der Waals surface area contributed by atoms with Crippen molar-refractivity contribution in [2.45, 2.75) is 6.54 Å². The van der Waals surface area contributed by atoms with Crippen LogP contribution in [0.2, 0.25) is 0 Å². The molecule has 0 amide bonds. The van der Waals surface area contributed by atoms with Gasteiger partial charge in [-0.2, -0.15) is 0 Å². The van der Waals surface area contributed by atoms with Crippen LogP contribution >= 0.6 is 0 Å². The Morgan fingerprint density at radius 2 is 1.52 bits per heavy atom. The second kappa shape index (κ2) is 12.9. The lowest BCUT2D eigenvalue weighted by molar-refractivity contribution is 0.112. The highest BCUT2D eigenvalue weighted by atomic mass is 16.3. The third-order valence-electron chi connectivity index (χ3n) is 3.76. The number of nitrogens with zero attached hydrogens (tertiary/aromatic N) is 2. The number of anilines is 2. The molecule has 0 saturated heterocycles. The fraction of sp³-hybridized carbons (Fsp3) is 0.0417. The van der Waals surface area contributed by atoms with E-state index in [1.165, 1.54) is 12.1 Å². The number of benzene rings is 2. The molecule has 0 aliphatic rings. The van der Waals surface area contributed by atoms with E-state index in [1.807, 2.05) is 24.3 Å². The first-order valence-corrected chi connectivity index (χ1v) is 9.38. The molecular weight excluding hydrogens is 392 g/mol. The Labute approximate surface area is 180 Å². The van der Waals surface area contributed by atoms with Crippen LogP contribution in [-0.4, -0.2) is 26.5 Å². The lowest BCUT2D eigenvalue weighted by atomic mass is 10.2. The van der Waals surface area contributed by atoms with Crippen molar-refractivity contribution in [1.29, 1.82) is 0 Å². The molecule has 0 radical (unpaired) electrons. The summed E-state index contributed by atoms with van der Waals surface area (Å²) in [5.41, 5.74) is 8.51. The van der Waals surface area contributed by atoms with E-state index in [0.717, 1.165) is 11.3 Å². The minimum absolute atomic E-state index is 0.125. The van der Waals surface area contributed by atoms with Crippen molar-refractivity contribution in [2.75, 3.05) is 11.1 Å². The second-order valence-corrected chi connectivity index (χ2v) is 6.26. The molecule has 0 aliphatic heterocycles. The number of carbonyl (C=O) groups excluding carboxylic acids is 1. The van der Waals surface area contributed by atoms with Crippen molar-refractivity contribution in [3.8, 4) is 11.5 Å². The van der Waals surface area contributed by atoms with Gasteiger partial charge < -0.3 is 21.3 Å². The number of aromatic hydroxyl groups is 2. The molecule has 7 heteroatoms. The number of hydrogen-bond donors (Lipinski definition) is 4. The fourth-order valence-corrected chi connectivity index (χ4v) is 2.31. The lowest BCUT2D eigenvalue weighted by Gasteiger charge is -2.05. The first-order chi connectivity index (χ1) is 15.1. The normalized spacial score (nSPS) is 9.29. The van der Waals surface area contributed by atoms with Crippen LogP contribution in [0.25, 0.3) is 0 Å². The molecule has 158 valence electrons. The van der Waals surface area contributed by atoms with Gasteiger partial charge in [0.05, 0.1) is 11.4 Å². The van der Waals surface area contributed by atoms with Gasteiger partial charge >= 0.3 is 0 Å². The Kier molecular flexibility index (Phi) is 9.56. The summed E-state index contributed by atoms with van der Waals surface area (Å²) in [5.74, 6) is 0.417. The monoisotopic (exact) mass is 416 g/mol. The van der Waals surface area contributed by atoms with Gasteiger partial charge in [-0.1, -0.05) is 24.3 Å². The Bertz CT molecular complexity index is 1040. The number of aromatic nitrogens is 2. The van der Waals surface area contributed by atoms with Crippen LogP contribution in [-0.2, 0) is 6.54 Å². The standard InChI is InChI=1S/C12H12N2O.C7H6O2.C5H6N2/c15-12-5-1-3-10(7-12)8-14-11-4-2-6-13-9-11;8-5-6-2-1-3-7(9)4-6;6-5-2-1-3-7-4-5/h1-7,9,14-15H,8H2;1-5,9H;1-4H,6H2. The van der Waals surface area contributed by atoms with Gasteiger partial charge in [-0.05, 0) is 54.1 Å². The summed E-state index contributed by atoms with van der Waals surface area (Å²) < 4.78 is 0. The highest BCUT2D eigenvalue weighted by Crippen LogP contribution is 2.12. The summed E-state index contributed by atoms with van der Waals surface area (Å²) in [7, 11) is 0. The predicted molar refractivity (Wildman–Crippen MR) is 122 cm³/mol. The Morgan fingerprint density at radius 1 is 0.839 bits per heavy atom. The molecule has 2 aromatic carbocycles. The Balaban J connectivity index is 0.000000181. The molecule has 4 aromatic rings. The van der Waals surface area contributed by atoms with E-state index in [0.29, 0.717) is 29.8 Å². The maximum Gasteiger partial charge on any atom is 0.150 e. The zero-order valence-electron chi connectivity index (χ0n) is 16.8. The average Bonchev–Trinajstić information content (AvgIpc) is 2.80. The van der Waals surface area contributed by atoms with Crippen LogP contribution in [0.3, 0.4) is 0 Å². The number of hydrogen-bond acceptors (Lipinski definition) is 7. The molecule has 0 fully saturated rings. The van der Waals surface area contributed by atoms with Crippen LogP contribution in [0.4, 0.5) is 11.4 Å². The van der Waals surface area contributed by atoms with E-state index in [2.05, 4.69) is 15.3 Å². The number of nitrogens with two attached hydrogens (primary N) is 1. The van der Waals surface area contributed by atoms with Crippen molar-refractivity contribution in [3.05, 3.63) is 109 Å². The number of phenols is 2. The minimum Gasteiger partial charge on any atom is -0.508 e. The Morgan fingerprint density at radius 3 is 2.00 bits per heavy atom. The highest BCUT2D eigenvalue weighted by molar-refractivity contribution is 5.75. The summed E-state index contributed by atoms with van der Waals surface area (Å²) in [6.45, 7) is 0.681. The van der Waals surface area contributed by atoms with Crippen LogP contribution in [0.5, 0.6) is 11.5 Å². The Hall–Kier alpha value is -4.39. The molecule has 2 heterocycles. The lowest BCUT2D eigenvalue weighted by Crippen LogP contribution is -1.98. The first kappa shape index (κ1) is 22.9. The molecule has 0 aliphatic carbocycles. The van der Waals surface area contributed by atoms with Gasteiger partial charge in [0.1, 0.15) is 17.8 Å². The third kappa shape index (κ3) is 9.58. The van der Waals surface area contributed by atoms with Gasteiger partial charge in [-0.25, -0.2) is 0 Å². The topological polar surface area (TPSA) is 121 Å². The van der Waals surface area contributed by atoms with Crippen LogP contribution in [0, 0.1) is 0 Å². The van der Waals surface area contributed by atoms with Crippen LogP contribution in [0.15, 0.2) is 97.6 Å². The molecule has 2 aromatic heterocycles. The molecule has 0 spiro atoms. The molecule has 0 atom stereocenters. The summed E-state index contributed by atoms with van der Waals surface area (Å²) in [6, 6.07) is 20.8. The van der Waals surface area contributed by atoms with E-state index < -0.39 is 0 Å². The first-order valence-electron chi connectivity index (χ1n) is 9.38. The highest BCUT2D eigenvalue weighted by Gasteiger charge is 1.94. The van der Waals surface area contributed by atoms with E-state index >= 15 is 0 Å². The van der Waals surface area contributed by atoms with Gasteiger partial charge in [0.25, 0.3) is 0 Å².